The molecular formula is C25H22ClN5O. The molecule has 2 heterocycles. The number of amidine groups is 2. The topological polar surface area (TPSA) is 88.8 Å². The minimum Gasteiger partial charge on any atom is -0.487 e. The highest BCUT2D eigenvalue weighted by molar-refractivity contribution is 6.30. The summed E-state index contributed by atoms with van der Waals surface area (Å²) in [7, 11) is 0. The number of pyridine rings is 1. The Balaban J connectivity index is 1.54. The molecule has 6 nitrogen and oxygen atoms in total. The summed E-state index contributed by atoms with van der Waals surface area (Å²) in [5, 5.41) is 9.06. The first-order chi connectivity index (χ1) is 15.5. The third-order valence-corrected chi connectivity index (χ3v) is 4.94. The summed E-state index contributed by atoms with van der Waals surface area (Å²) in [6.45, 7) is 2.02. The van der Waals surface area contributed by atoms with Gasteiger partial charge >= 0.3 is 0 Å². The Morgan fingerprint density at radius 3 is 2.56 bits per heavy atom. The van der Waals surface area contributed by atoms with E-state index in [1.807, 2.05) is 89.6 Å². The standard InChI is InChI=1S/C25H22ClN5O/c1-17(27)29-25(28)23(14-18-5-9-20(26)10-6-18)19-7-11-22(12-8-19)32-16-21-15-31-13-3-2-4-24(31)30-21/h2-15H,16H2,1H3,(H3,27,28,29). The van der Waals surface area contributed by atoms with Gasteiger partial charge in [-0.25, -0.2) is 9.98 Å². The largest absolute Gasteiger partial charge is 0.487 e. The van der Waals surface area contributed by atoms with Crippen LogP contribution in [0.15, 0.2) is 84.1 Å². The lowest BCUT2D eigenvalue weighted by Crippen LogP contribution is -2.09. The van der Waals surface area contributed by atoms with Crippen LogP contribution in [0.25, 0.3) is 17.3 Å². The lowest BCUT2D eigenvalue weighted by molar-refractivity contribution is 0.302. The van der Waals surface area contributed by atoms with Gasteiger partial charge in [0.1, 0.15) is 18.0 Å². The van der Waals surface area contributed by atoms with Crippen molar-refractivity contribution in [3.63, 3.8) is 0 Å². The minimum atomic E-state index is 0.0818. The van der Waals surface area contributed by atoms with Gasteiger partial charge < -0.3 is 14.9 Å². The second-order valence-electron chi connectivity index (χ2n) is 7.22. The van der Waals surface area contributed by atoms with E-state index in [2.05, 4.69) is 9.98 Å². The van der Waals surface area contributed by atoms with Crippen molar-refractivity contribution in [1.29, 1.82) is 5.41 Å². The van der Waals surface area contributed by atoms with E-state index < -0.39 is 0 Å². The first kappa shape index (κ1) is 21.3. The molecule has 0 aliphatic carbocycles. The molecule has 0 aliphatic heterocycles. The van der Waals surface area contributed by atoms with Crippen molar-refractivity contribution in [2.75, 3.05) is 0 Å². The van der Waals surface area contributed by atoms with Crippen LogP contribution in [0, 0.1) is 5.41 Å². The predicted octanol–water partition coefficient (Wildman–Crippen LogP) is 5.46. The molecule has 3 N–H and O–H groups in total. The fraction of sp³-hybridized carbons (Fsp3) is 0.0800. The number of fused-ring (bicyclic) bond motifs is 1. The van der Waals surface area contributed by atoms with Crippen LogP contribution >= 0.6 is 11.6 Å². The zero-order valence-electron chi connectivity index (χ0n) is 17.5. The molecule has 0 atom stereocenters. The number of halogens is 1. The second-order valence-corrected chi connectivity index (χ2v) is 7.66. The molecule has 0 amide bonds. The van der Waals surface area contributed by atoms with Crippen LogP contribution in [0.2, 0.25) is 5.02 Å². The number of imidazole rings is 1. The molecule has 0 aliphatic rings. The monoisotopic (exact) mass is 443 g/mol. The van der Waals surface area contributed by atoms with E-state index in [-0.39, 0.29) is 5.84 Å². The zero-order chi connectivity index (χ0) is 22.5. The Hall–Kier alpha value is -3.90. The number of nitrogens with two attached hydrogens (primary N) is 1. The Labute approximate surface area is 191 Å². The Kier molecular flexibility index (Phi) is 6.33. The quantitative estimate of drug-likeness (QED) is 0.235. The third-order valence-electron chi connectivity index (χ3n) is 4.69. The van der Waals surface area contributed by atoms with Crippen LogP contribution in [0.5, 0.6) is 5.75 Å². The summed E-state index contributed by atoms with van der Waals surface area (Å²) in [5.74, 6) is 1.12. The molecule has 0 spiro atoms. The van der Waals surface area contributed by atoms with Crippen molar-refractivity contribution in [3.8, 4) is 5.75 Å². The molecule has 0 unspecified atom stereocenters. The lowest BCUT2D eigenvalue weighted by Gasteiger charge is -2.09. The van der Waals surface area contributed by atoms with E-state index >= 15 is 0 Å². The van der Waals surface area contributed by atoms with E-state index in [0.29, 0.717) is 28.8 Å². The third kappa shape index (κ3) is 5.22. The van der Waals surface area contributed by atoms with Crippen molar-refractivity contribution >= 4 is 40.6 Å². The first-order valence-corrected chi connectivity index (χ1v) is 10.4. The number of hydrogen-bond acceptors (Lipinski definition) is 3. The van der Waals surface area contributed by atoms with Crippen LogP contribution in [0.4, 0.5) is 0 Å². The maximum absolute atomic E-state index is 8.40. The number of ether oxygens (including phenoxy) is 1. The van der Waals surface area contributed by atoms with Crippen molar-refractivity contribution < 1.29 is 4.74 Å². The minimum absolute atomic E-state index is 0.0818. The molecule has 0 bridgehead atoms. The molecule has 7 heteroatoms. The second kappa shape index (κ2) is 9.49. The number of aromatic nitrogens is 2. The predicted molar refractivity (Wildman–Crippen MR) is 130 cm³/mol. The molecule has 4 rings (SSSR count). The van der Waals surface area contributed by atoms with Crippen molar-refractivity contribution in [3.05, 3.63) is 101 Å². The fourth-order valence-electron chi connectivity index (χ4n) is 3.20. The Morgan fingerprint density at radius 1 is 1.12 bits per heavy atom. The molecule has 0 saturated heterocycles. The van der Waals surface area contributed by atoms with Crippen molar-refractivity contribution in [2.24, 2.45) is 10.7 Å². The molecule has 0 fully saturated rings. The molecule has 4 aromatic rings. The number of rotatable bonds is 6. The maximum Gasteiger partial charge on any atom is 0.154 e. The zero-order valence-corrected chi connectivity index (χ0v) is 18.3. The van der Waals surface area contributed by atoms with E-state index in [1.54, 1.807) is 6.92 Å². The highest BCUT2D eigenvalue weighted by Crippen LogP contribution is 2.24. The van der Waals surface area contributed by atoms with Gasteiger partial charge in [0.05, 0.1) is 11.5 Å². The Bertz CT molecular complexity index is 1270. The fourth-order valence-corrected chi connectivity index (χ4v) is 3.32. The number of aliphatic imine (C=N–C) groups is 1. The molecule has 160 valence electrons. The normalized spacial score (nSPS) is 12.2. The summed E-state index contributed by atoms with van der Waals surface area (Å²) < 4.78 is 7.86. The van der Waals surface area contributed by atoms with E-state index in [9.17, 15) is 0 Å². The number of hydrogen-bond donors (Lipinski definition) is 2. The first-order valence-electron chi connectivity index (χ1n) is 10.0. The van der Waals surface area contributed by atoms with Crippen LogP contribution in [0.3, 0.4) is 0 Å². The van der Waals surface area contributed by atoms with Gasteiger partial charge in [-0.3, -0.25) is 5.41 Å². The Morgan fingerprint density at radius 2 is 1.88 bits per heavy atom. The van der Waals surface area contributed by atoms with Gasteiger partial charge in [0, 0.05) is 23.0 Å². The van der Waals surface area contributed by atoms with Gasteiger partial charge in [0.2, 0.25) is 0 Å². The molecule has 32 heavy (non-hydrogen) atoms. The smallest absolute Gasteiger partial charge is 0.154 e. The van der Waals surface area contributed by atoms with Crippen molar-refractivity contribution in [2.45, 2.75) is 13.5 Å². The van der Waals surface area contributed by atoms with Crippen LogP contribution < -0.4 is 10.5 Å². The van der Waals surface area contributed by atoms with E-state index in [1.165, 1.54) is 0 Å². The summed E-state index contributed by atoms with van der Waals surface area (Å²) in [6, 6.07) is 20.8. The molecular weight excluding hydrogens is 422 g/mol. The van der Waals surface area contributed by atoms with E-state index in [4.69, 9.17) is 27.5 Å². The van der Waals surface area contributed by atoms with Crippen LogP contribution in [-0.4, -0.2) is 21.1 Å². The molecule has 2 aromatic carbocycles. The molecule has 0 radical (unpaired) electrons. The molecule has 2 aromatic heterocycles. The number of benzene rings is 2. The van der Waals surface area contributed by atoms with Gasteiger partial charge in [0.15, 0.2) is 5.84 Å². The molecule has 0 saturated carbocycles. The van der Waals surface area contributed by atoms with Gasteiger partial charge in [-0.05, 0) is 60.5 Å². The van der Waals surface area contributed by atoms with Crippen LogP contribution in [0.1, 0.15) is 23.7 Å². The highest BCUT2D eigenvalue weighted by atomic mass is 35.5. The van der Waals surface area contributed by atoms with Gasteiger partial charge in [-0.1, -0.05) is 41.9 Å². The van der Waals surface area contributed by atoms with Gasteiger partial charge in [0.25, 0.3) is 0 Å². The number of nitrogens with zero attached hydrogens (tertiary/aromatic N) is 3. The lowest BCUT2D eigenvalue weighted by atomic mass is 10.0. The average Bonchev–Trinajstić information content (AvgIpc) is 3.20. The highest BCUT2D eigenvalue weighted by Gasteiger charge is 2.10. The summed E-state index contributed by atoms with van der Waals surface area (Å²) in [6.07, 6.45) is 5.79. The average molecular weight is 444 g/mol. The summed E-state index contributed by atoms with van der Waals surface area (Å²) in [5.41, 5.74) is 9.81. The van der Waals surface area contributed by atoms with Gasteiger partial charge in [-0.15, -0.1) is 0 Å². The summed E-state index contributed by atoms with van der Waals surface area (Å²) in [4.78, 5) is 8.67. The van der Waals surface area contributed by atoms with Crippen LogP contribution in [-0.2, 0) is 6.61 Å². The number of nitrogens with one attached hydrogen (secondary N) is 1. The van der Waals surface area contributed by atoms with Crippen molar-refractivity contribution in [1.82, 2.24) is 9.38 Å². The summed E-state index contributed by atoms with van der Waals surface area (Å²) >= 11 is 5.99. The SMILES string of the molecule is CC(N)=NC(=N)C(=Cc1ccc(Cl)cc1)c1ccc(OCc2cn3ccccc3n2)cc1. The van der Waals surface area contributed by atoms with E-state index in [0.717, 1.165) is 22.5 Å². The van der Waals surface area contributed by atoms with Gasteiger partial charge in [-0.2, -0.15) is 0 Å². The maximum atomic E-state index is 8.40.